The molecular formula is C19H26N2O3. The van der Waals surface area contributed by atoms with Gasteiger partial charge in [0.05, 0.1) is 0 Å². The average Bonchev–Trinajstić information content (AvgIpc) is 3.02. The van der Waals surface area contributed by atoms with Crippen molar-refractivity contribution >= 4 is 11.8 Å². The van der Waals surface area contributed by atoms with Gasteiger partial charge in [-0.15, -0.1) is 0 Å². The molecule has 1 spiro atoms. The van der Waals surface area contributed by atoms with E-state index in [0.717, 1.165) is 57.4 Å². The van der Waals surface area contributed by atoms with Crippen molar-refractivity contribution < 1.29 is 14.7 Å². The number of carboxylic acid groups (broad SMARTS) is 1. The molecule has 1 aromatic carbocycles. The van der Waals surface area contributed by atoms with Crippen LogP contribution in [0.3, 0.4) is 0 Å². The minimum Gasteiger partial charge on any atom is -0.480 e. The Morgan fingerprint density at radius 1 is 1.21 bits per heavy atom. The van der Waals surface area contributed by atoms with E-state index in [4.69, 9.17) is 5.11 Å². The molecule has 2 aliphatic heterocycles. The molecule has 0 bridgehead atoms. The van der Waals surface area contributed by atoms with E-state index in [2.05, 4.69) is 10.2 Å². The predicted octanol–water partition coefficient (Wildman–Crippen LogP) is 2.18. The molecule has 2 N–H and O–H groups in total. The summed E-state index contributed by atoms with van der Waals surface area (Å²) in [6.45, 7) is 3.79. The number of hydrogen-bond acceptors (Lipinski definition) is 4. The molecule has 0 saturated carbocycles. The van der Waals surface area contributed by atoms with Crippen LogP contribution in [0.5, 0.6) is 0 Å². The van der Waals surface area contributed by atoms with Crippen molar-refractivity contribution in [2.24, 2.45) is 5.41 Å². The lowest BCUT2D eigenvalue weighted by Gasteiger charge is -2.39. The van der Waals surface area contributed by atoms with Crippen LogP contribution in [0.1, 0.15) is 42.5 Å². The van der Waals surface area contributed by atoms with Crippen LogP contribution in [0, 0.1) is 5.41 Å². The summed E-state index contributed by atoms with van der Waals surface area (Å²) in [6.07, 6.45) is 4.33. The molecule has 5 nitrogen and oxygen atoms in total. The highest BCUT2D eigenvalue weighted by Crippen LogP contribution is 2.39. The highest BCUT2D eigenvalue weighted by molar-refractivity contribution is 5.95. The normalized spacial score (nSPS) is 23.4. The van der Waals surface area contributed by atoms with E-state index in [9.17, 15) is 9.59 Å². The molecule has 2 saturated heterocycles. The maximum atomic E-state index is 12.1. The number of likely N-dealkylation sites (tertiary alicyclic amines) is 1. The molecule has 0 aliphatic carbocycles. The molecule has 0 amide bonds. The van der Waals surface area contributed by atoms with E-state index in [1.807, 2.05) is 30.3 Å². The quantitative estimate of drug-likeness (QED) is 0.783. The molecule has 2 fully saturated rings. The Morgan fingerprint density at radius 2 is 1.92 bits per heavy atom. The molecule has 0 radical (unpaired) electrons. The van der Waals surface area contributed by atoms with Crippen LogP contribution in [0.2, 0.25) is 0 Å². The third-order valence-electron chi connectivity index (χ3n) is 5.55. The van der Waals surface area contributed by atoms with Gasteiger partial charge in [0.1, 0.15) is 6.04 Å². The summed E-state index contributed by atoms with van der Waals surface area (Å²) >= 11 is 0. The maximum absolute atomic E-state index is 12.1. The number of carbonyl (C=O) groups is 2. The third-order valence-corrected chi connectivity index (χ3v) is 5.55. The molecule has 130 valence electrons. The van der Waals surface area contributed by atoms with Gasteiger partial charge in [-0.3, -0.25) is 9.59 Å². The van der Waals surface area contributed by atoms with Crippen LogP contribution in [-0.4, -0.2) is 54.0 Å². The molecular weight excluding hydrogens is 304 g/mol. The van der Waals surface area contributed by atoms with E-state index < -0.39 is 5.97 Å². The topological polar surface area (TPSA) is 69.6 Å². The number of aliphatic carboxylic acids is 1. The van der Waals surface area contributed by atoms with Gasteiger partial charge >= 0.3 is 5.97 Å². The van der Waals surface area contributed by atoms with Crippen LogP contribution in [0.4, 0.5) is 0 Å². The second-order valence-electron chi connectivity index (χ2n) is 7.21. The van der Waals surface area contributed by atoms with Gasteiger partial charge in [0.15, 0.2) is 5.78 Å². The lowest BCUT2D eigenvalue weighted by atomic mass is 9.76. The molecule has 0 unspecified atom stereocenters. The van der Waals surface area contributed by atoms with Crippen LogP contribution in [-0.2, 0) is 4.79 Å². The summed E-state index contributed by atoms with van der Waals surface area (Å²) in [4.78, 5) is 25.6. The van der Waals surface area contributed by atoms with Gasteiger partial charge in [-0.1, -0.05) is 30.3 Å². The molecule has 1 aromatic rings. The zero-order chi connectivity index (χ0) is 17.0. The molecule has 5 heteroatoms. The van der Waals surface area contributed by atoms with Crippen LogP contribution < -0.4 is 5.32 Å². The van der Waals surface area contributed by atoms with E-state index in [-0.39, 0.29) is 17.2 Å². The zero-order valence-electron chi connectivity index (χ0n) is 14.0. The summed E-state index contributed by atoms with van der Waals surface area (Å²) in [6, 6.07) is 9.10. The number of benzene rings is 1. The highest BCUT2D eigenvalue weighted by Gasteiger charge is 2.43. The molecule has 0 aromatic heterocycles. The van der Waals surface area contributed by atoms with Gasteiger partial charge in [-0.25, -0.2) is 0 Å². The maximum Gasteiger partial charge on any atom is 0.320 e. The SMILES string of the molecule is O=C(CCCN1CCC2(CC1)CN[C@@H](C(=O)O)C2)c1ccccc1. The monoisotopic (exact) mass is 330 g/mol. The number of piperidine rings is 1. The summed E-state index contributed by atoms with van der Waals surface area (Å²) in [5, 5.41) is 12.3. The van der Waals surface area contributed by atoms with Crippen molar-refractivity contribution in [1.82, 2.24) is 10.2 Å². The van der Waals surface area contributed by atoms with Gasteiger partial charge < -0.3 is 15.3 Å². The van der Waals surface area contributed by atoms with Crippen molar-refractivity contribution in [3.05, 3.63) is 35.9 Å². The Bertz CT molecular complexity index is 580. The second-order valence-corrected chi connectivity index (χ2v) is 7.21. The average molecular weight is 330 g/mol. The first-order valence-corrected chi connectivity index (χ1v) is 8.85. The Kier molecular flexibility index (Phi) is 5.31. The Hall–Kier alpha value is -1.72. The van der Waals surface area contributed by atoms with Gasteiger partial charge in [0.2, 0.25) is 0 Å². The van der Waals surface area contributed by atoms with Crippen LogP contribution in [0.15, 0.2) is 30.3 Å². The number of carbonyl (C=O) groups excluding carboxylic acids is 1. The minimum absolute atomic E-state index is 0.166. The summed E-state index contributed by atoms with van der Waals surface area (Å²) < 4.78 is 0. The van der Waals surface area contributed by atoms with Crippen molar-refractivity contribution in [3.8, 4) is 0 Å². The fraction of sp³-hybridized carbons (Fsp3) is 0.579. The number of nitrogens with zero attached hydrogens (tertiary/aromatic N) is 1. The van der Waals surface area contributed by atoms with E-state index in [0.29, 0.717) is 6.42 Å². The molecule has 2 aliphatic rings. The fourth-order valence-corrected chi connectivity index (χ4v) is 3.96. The van der Waals surface area contributed by atoms with E-state index in [1.165, 1.54) is 0 Å². The first kappa shape index (κ1) is 17.1. The van der Waals surface area contributed by atoms with Gasteiger partial charge in [0.25, 0.3) is 0 Å². The van der Waals surface area contributed by atoms with E-state index in [1.54, 1.807) is 0 Å². The van der Waals surface area contributed by atoms with E-state index >= 15 is 0 Å². The zero-order valence-corrected chi connectivity index (χ0v) is 14.0. The number of rotatable bonds is 6. The Labute approximate surface area is 143 Å². The van der Waals surface area contributed by atoms with Gasteiger partial charge in [-0.05, 0) is 50.7 Å². The number of hydrogen-bond donors (Lipinski definition) is 2. The fourth-order valence-electron chi connectivity index (χ4n) is 3.96. The smallest absolute Gasteiger partial charge is 0.320 e. The van der Waals surface area contributed by atoms with Crippen LogP contribution in [0.25, 0.3) is 0 Å². The van der Waals surface area contributed by atoms with Crippen molar-refractivity contribution in [1.29, 1.82) is 0 Å². The summed E-state index contributed by atoms with van der Waals surface area (Å²) in [7, 11) is 0. The lowest BCUT2D eigenvalue weighted by molar-refractivity contribution is -0.139. The van der Waals surface area contributed by atoms with Crippen molar-refractivity contribution in [2.75, 3.05) is 26.2 Å². The largest absolute Gasteiger partial charge is 0.480 e. The molecule has 2 heterocycles. The second kappa shape index (κ2) is 7.45. The Morgan fingerprint density at radius 3 is 2.54 bits per heavy atom. The Balaban J connectivity index is 1.39. The molecule has 24 heavy (non-hydrogen) atoms. The first-order chi connectivity index (χ1) is 11.6. The van der Waals surface area contributed by atoms with Gasteiger partial charge in [-0.2, -0.15) is 0 Å². The third kappa shape index (κ3) is 4.02. The minimum atomic E-state index is -0.728. The van der Waals surface area contributed by atoms with Crippen molar-refractivity contribution in [3.63, 3.8) is 0 Å². The lowest BCUT2D eigenvalue weighted by Crippen LogP contribution is -2.41. The number of Topliss-reactive ketones (excluding diaryl/α,β-unsaturated/α-hetero) is 1. The number of carboxylic acids is 1. The molecule has 1 atom stereocenters. The highest BCUT2D eigenvalue weighted by atomic mass is 16.4. The summed E-state index contributed by atoms with van der Waals surface area (Å²) in [5.74, 6) is -0.512. The predicted molar refractivity (Wildman–Crippen MR) is 92.2 cm³/mol. The number of ketones is 1. The van der Waals surface area contributed by atoms with Crippen molar-refractivity contribution in [2.45, 2.75) is 38.1 Å². The standard InChI is InChI=1S/C19H26N2O3/c22-17(15-5-2-1-3-6-15)7-4-10-21-11-8-19(9-12-21)13-16(18(23)24)20-14-19/h1-3,5-6,16,20H,4,7-14H2,(H,23,24)/t16-/m1/s1. The van der Waals surface area contributed by atoms with Crippen LogP contribution >= 0.6 is 0 Å². The number of nitrogens with one attached hydrogen (secondary N) is 1. The first-order valence-electron chi connectivity index (χ1n) is 8.85. The molecule has 3 rings (SSSR count). The van der Waals surface area contributed by atoms with Gasteiger partial charge in [0, 0.05) is 18.5 Å². The summed E-state index contributed by atoms with van der Waals surface area (Å²) in [5.41, 5.74) is 0.964.